The van der Waals surface area contributed by atoms with Crippen molar-refractivity contribution in [2.24, 2.45) is 5.92 Å². The molecule has 3 heterocycles. The third-order valence-electron chi connectivity index (χ3n) is 4.84. The van der Waals surface area contributed by atoms with Crippen LogP contribution in [0.25, 0.3) is 0 Å². The van der Waals surface area contributed by atoms with E-state index in [1.165, 1.54) is 32.4 Å². The minimum absolute atomic E-state index is 0.288. The third-order valence-corrected chi connectivity index (χ3v) is 4.84. The van der Waals surface area contributed by atoms with E-state index in [1.807, 2.05) is 4.68 Å². The van der Waals surface area contributed by atoms with Gasteiger partial charge in [0.25, 0.3) is 0 Å². The van der Waals surface area contributed by atoms with Crippen LogP contribution in [-0.4, -0.2) is 46.0 Å². The average molecular weight is 294 g/mol. The van der Waals surface area contributed by atoms with E-state index in [4.69, 9.17) is 4.74 Å². The molecule has 2 aliphatic heterocycles. The fraction of sp³-hybridized carbons (Fsp3) is 0.933. The Hall–Kier alpha value is -1.01. The molecule has 3 rings (SSSR count). The molecule has 0 amide bonds. The Morgan fingerprint density at radius 3 is 2.71 bits per heavy atom. The quantitative estimate of drug-likeness (QED) is 0.865. The second-order valence-electron chi connectivity index (χ2n) is 6.79. The van der Waals surface area contributed by atoms with Crippen molar-refractivity contribution in [3.63, 3.8) is 0 Å². The van der Waals surface area contributed by atoms with Crippen molar-refractivity contribution < 1.29 is 9.64 Å². The Kier molecular flexibility index (Phi) is 4.85. The summed E-state index contributed by atoms with van der Waals surface area (Å²) >= 11 is 0. The van der Waals surface area contributed by atoms with E-state index in [2.05, 4.69) is 29.4 Å². The molecule has 21 heavy (non-hydrogen) atoms. The van der Waals surface area contributed by atoms with Gasteiger partial charge in [-0.05, 0) is 42.5 Å². The molecular formula is C15H28N5O+. The molecule has 0 saturated carbocycles. The van der Waals surface area contributed by atoms with Gasteiger partial charge < -0.3 is 9.64 Å². The number of tetrazole rings is 1. The molecule has 0 aliphatic carbocycles. The lowest BCUT2D eigenvalue weighted by molar-refractivity contribution is -0.940. The van der Waals surface area contributed by atoms with Gasteiger partial charge in [-0.1, -0.05) is 13.8 Å². The zero-order chi connectivity index (χ0) is 14.7. The largest absolute Gasteiger partial charge is 0.376 e. The van der Waals surface area contributed by atoms with Crippen LogP contribution in [0, 0.1) is 5.92 Å². The fourth-order valence-corrected chi connectivity index (χ4v) is 3.81. The Labute approximate surface area is 126 Å². The number of hydrogen-bond donors (Lipinski definition) is 1. The number of quaternary nitrogens is 1. The van der Waals surface area contributed by atoms with Gasteiger partial charge >= 0.3 is 0 Å². The second kappa shape index (κ2) is 6.83. The molecule has 118 valence electrons. The lowest BCUT2D eigenvalue weighted by atomic mass is 9.98. The van der Waals surface area contributed by atoms with Crippen LogP contribution in [0.15, 0.2) is 0 Å². The minimum Gasteiger partial charge on any atom is -0.376 e. The van der Waals surface area contributed by atoms with Gasteiger partial charge in [-0.15, -0.1) is 5.10 Å². The number of nitrogens with one attached hydrogen (secondary N) is 1. The Balaban J connectivity index is 1.77. The first-order valence-corrected chi connectivity index (χ1v) is 8.48. The van der Waals surface area contributed by atoms with Gasteiger partial charge in [0.15, 0.2) is 6.04 Å². The number of piperidine rings is 1. The van der Waals surface area contributed by atoms with Crippen molar-refractivity contribution in [2.45, 2.75) is 64.6 Å². The molecule has 2 saturated heterocycles. The van der Waals surface area contributed by atoms with Crippen LogP contribution in [0.2, 0.25) is 0 Å². The average Bonchev–Trinajstić information content (AvgIpc) is 3.13. The van der Waals surface area contributed by atoms with Crippen molar-refractivity contribution in [2.75, 3.05) is 19.7 Å². The SMILES string of the molecule is CC(C)[C@H](c1nnnn1C[C@@H]1CCCO1)[NH+]1CCCCC1. The van der Waals surface area contributed by atoms with E-state index in [-0.39, 0.29) is 6.10 Å². The highest BCUT2D eigenvalue weighted by atomic mass is 16.5. The molecule has 2 aliphatic rings. The van der Waals surface area contributed by atoms with Crippen LogP contribution in [0.5, 0.6) is 0 Å². The minimum atomic E-state index is 0.288. The number of aromatic nitrogens is 4. The van der Waals surface area contributed by atoms with Crippen LogP contribution in [0.1, 0.15) is 57.8 Å². The fourth-order valence-electron chi connectivity index (χ4n) is 3.81. The van der Waals surface area contributed by atoms with E-state index in [0.717, 1.165) is 31.8 Å². The van der Waals surface area contributed by atoms with Gasteiger partial charge in [0, 0.05) is 12.5 Å². The van der Waals surface area contributed by atoms with Crippen LogP contribution in [0.3, 0.4) is 0 Å². The highest BCUT2D eigenvalue weighted by Gasteiger charge is 2.34. The van der Waals surface area contributed by atoms with Gasteiger partial charge in [-0.3, -0.25) is 0 Å². The Bertz CT molecular complexity index is 435. The topological polar surface area (TPSA) is 57.3 Å². The van der Waals surface area contributed by atoms with Crippen molar-refractivity contribution in [1.82, 2.24) is 20.2 Å². The Morgan fingerprint density at radius 2 is 2.05 bits per heavy atom. The van der Waals surface area contributed by atoms with E-state index in [0.29, 0.717) is 12.0 Å². The highest BCUT2D eigenvalue weighted by Crippen LogP contribution is 2.19. The number of hydrogen-bond acceptors (Lipinski definition) is 4. The van der Waals surface area contributed by atoms with E-state index in [9.17, 15) is 0 Å². The summed E-state index contributed by atoms with van der Waals surface area (Å²) in [6.45, 7) is 8.76. The zero-order valence-electron chi connectivity index (χ0n) is 13.3. The second-order valence-corrected chi connectivity index (χ2v) is 6.79. The van der Waals surface area contributed by atoms with Crippen molar-refractivity contribution in [1.29, 1.82) is 0 Å². The molecule has 0 unspecified atom stereocenters. The van der Waals surface area contributed by atoms with Crippen LogP contribution < -0.4 is 4.90 Å². The number of nitrogens with zero attached hydrogens (tertiary/aromatic N) is 4. The maximum Gasteiger partial charge on any atom is 0.209 e. The summed E-state index contributed by atoms with van der Waals surface area (Å²) in [6.07, 6.45) is 6.60. The molecule has 2 atom stereocenters. The molecule has 1 aromatic heterocycles. The lowest BCUT2D eigenvalue weighted by Gasteiger charge is -2.33. The number of ether oxygens (including phenoxy) is 1. The maximum atomic E-state index is 5.74. The first kappa shape index (κ1) is 14.9. The highest BCUT2D eigenvalue weighted by molar-refractivity contribution is 4.90. The van der Waals surface area contributed by atoms with Gasteiger partial charge in [0.1, 0.15) is 0 Å². The predicted molar refractivity (Wildman–Crippen MR) is 78.9 cm³/mol. The standard InChI is InChI=1S/C15H27N5O/c1-12(2)14(19-8-4-3-5-9-19)15-16-17-18-20(15)11-13-7-6-10-21-13/h12-14H,3-11H2,1-2H3/p+1/t13-,14+/m0/s1. The van der Waals surface area contributed by atoms with Crippen molar-refractivity contribution >= 4 is 0 Å². The summed E-state index contributed by atoms with van der Waals surface area (Å²) in [7, 11) is 0. The number of likely N-dealkylation sites (tertiary alicyclic amines) is 1. The van der Waals surface area contributed by atoms with Crippen molar-refractivity contribution in [3.8, 4) is 0 Å². The summed E-state index contributed by atoms with van der Waals surface area (Å²) in [5.74, 6) is 1.60. The zero-order valence-corrected chi connectivity index (χ0v) is 13.3. The smallest absolute Gasteiger partial charge is 0.209 e. The molecule has 1 aromatic rings. The number of rotatable bonds is 5. The monoisotopic (exact) mass is 294 g/mol. The third kappa shape index (κ3) is 3.43. The molecule has 2 fully saturated rings. The van der Waals surface area contributed by atoms with E-state index < -0.39 is 0 Å². The summed E-state index contributed by atoms with van der Waals surface area (Å²) in [5, 5.41) is 12.6. The van der Waals surface area contributed by atoms with Gasteiger partial charge in [0.05, 0.1) is 25.7 Å². The maximum absolute atomic E-state index is 5.74. The molecule has 6 nitrogen and oxygen atoms in total. The van der Waals surface area contributed by atoms with Crippen molar-refractivity contribution in [3.05, 3.63) is 5.82 Å². The van der Waals surface area contributed by atoms with Crippen LogP contribution >= 0.6 is 0 Å². The molecule has 0 spiro atoms. The van der Waals surface area contributed by atoms with Gasteiger partial charge in [0.2, 0.25) is 5.82 Å². The summed E-state index contributed by atoms with van der Waals surface area (Å²) in [4.78, 5) is 1.65. The normalized spacial score (nSPS) is 25.6. The predicted octanol–water partition coefficient (Wildman–Crippen LogP) is 0.618. The molecule has 0 bridgehead atoms. The summed E-state index contributed by atoms with van der Waals surface area (Å²) in [6, 6.07) is 0.404. The summed E-state index contributed by atoms with van der Waals surface area (Å²) < 4.78 is 7.75. The van der Waals surface area contributed by atoms with Gasteiger partial charge in [-0.2, -0.15) is 0 Å². The van der Waals surface area contributed by atoms with Crippen LogP contribution in [-0.2, 0) is 11.3 Å². The van der Waals surface area contributed by atoms with Crippen LogP contribution in [0.4, 0.5) is 0 Å². The Morgan fingerprint density at radius 1 is 1.24 bits per heavy atom. The molecule has 0 radical (unpaired) electrons. The molecular weight excluding hydrogens is 266 g/mol. The molecule has 1 N–H and O–H groups in total. The lowest BCUT2D eigenvalue weighted by Crippen LogP contribution is -3.13. The molecule has 0 aromatic carbocycles. The first-order valence-electron chi connectivity index (χ1n) is 8.48. The first-order chi connectivity index (χ1) is 10.3. The van der Waals surface area contributed by atoms with E-state index >= 15 is 0 Å². The summed E-state index contributed by atoms with van der Waals surface area (Å²) in [5.41, 5.74) is 0. The van der Waals surface area contributed by atoms with E-state index in [1.54, 1.807) is 4.90 Å². The van der Waals surface area contributed by atoms with Gasteiger partial charge in [-0.25, -0.2) is 4.68 Å². The molecule has 6 heteroatoms.